The third-order valence-corrected chi connectivity index (χ3v) is 7.05. The predicted octanol–water partition coefficient (Wildman–Crippen LogP) is -0.457. The highest BCUT2D eigenvalue weighted by atomic mass is 28.3. The summed E-state index contributed by atoms with van der Waals surface area (Å²) in [6.45, 7) is 8.78. The molecule has 0 aromatic carbocycles. The number of aromatic amines is 1. The Balaban J connectivity index is 2.60. The molecule has 0 unspecified atom stereocenters. The van der Waals surface area contributed by atoms with Gasteiger partial charge < -0.3 is 19.7 Å². The van der Waals surface area contributed by atoms with Gasteiger partial charge in [0.1, 0.15) is 10.9 Å². The van der Waals surface area contributed by atoms with Gasteiger partial charge in [0.25, 0.3) is 5.56 Å². The number of nitrogens with zero attached hydrogens (tertiary/aromatic N) is 1. The summed E-state index contributed by atoms with van der Waals surface area (Å²) < 4.78 is 13.7. The van der Waals surface area contributed by atoms with Gasteiger partial charge in [-0.05, 0) is 20.8 Å². The average Bonchev–Trinajstić information content (AvgIpc) is 2.81. The molecule has 0 aliphatic carbocycles. The summed E-state index contributed by atoms with van der Waals surface area (Å²) in [6.07, 6.45) is 1.12. The van der Waals surface area contributed by atoms with Gasteiger partial charge in [0.05, 0.1) is 33.7 Å². The van der Waals surface area contributed by atoms with Crippen LogP contribution >= 0.6 is 0 Å². The highest BCUT2D eigenvalue weighted by molar-refractivity contribution is 6.58. The van der Waals surface area contributed by atoms with E-state index >= 15 is 0 Å². The third-order valence-electron chi connectivity index (χ3n) is 4.61. The fourth-order valence-corrected chi connectivity index (χ4v) is 5.22. The highest BCUT2D eigenvalue weighted by Gasteiger charge is 2.59. The van der Waals surface area contributed by atoms with E-state index in [0.717, 1.165) is 0 Å². The van der Waals surface area contributed by atoms with Crippen molar-refractivity contribution in [2.45, 2.75) is 62.9 Å². The number of aliphatic hydroxyl groups is 2. The lowest BCUT2D eigenvalue weighted by Gasteiger charge is -2.37. The van der Waals surface area contributed by atoms with Crippen LogP contribution in [0.25, 0.3) is 0 Å². The Bertz CT molecular complexity index is 718. The first-order valence-electron chi connectivity index (χ1n) is 8.42. The molecule has 1 aromatic rings. The molecule has 0 spiro atoms. The normalized spacial score (nSPS) is 26.3. The number of aromatic nitrogens is 2. The van der Waals surface area contributed by atoms with E-state index in [4.69, 9.17) is 9.47 Å². The molecule has 8 nitrogen and oxygen atoms in total. The molecule has 3 N–H and O–H groups in total. The Hall–Kier alpha value is -1.26. The van der Waals surface area contributed by atoms with Gasteiger partial charge >= 0.3 is 5.69 Å². The Morgan fingerprint density at radius 3 is 2.40 bits per heavy atom. The topological polar surface area (TPSA) is 114 Å². The van der Waals surface area contributed by atoms with Gasteiger partial charge in [-0.15, -0.1) is 0 Å². The van der Waals surface area contributed by atoms with E-state index in [1.807, 2.05) is 33.9 Å². The maximum absolute atomic E-state index is 12.4. The Labute approximate surface area is 148 Å². The number of hydrogen-bond acceptors (Lipinski definition) is 6. The molecule has 0 bridgehead atoms. The molecule has 142 valence electrons. The molecule has 1 saturated heterocycles. The largest absolute Gasteiger partial charge is 0.393 e. The third kappa shape index (κ3) is 3.65. The van der Waals surface area contributed by atoms with E-state index in [-0.39, 0.29) is 0 Å². The second-order valence-corrected chi connectivity index (χ2v) is 11.1. The maximum atomic E-state index is 12.4. The summed E-state index contributed by atoms with van der Waals surface area (Å²) in [6, 6.07) is 1.26. The molecule has 2 atom stereocenters. The monoisotopic (exact) mass is 372 g/mol. The molecule has 0 saturated carbocycles. The molecule has 1 aliphatic rings. The predicted molar refractivity (Wildman–Crippen MR) is 95.4 cm³/mol. The standard InChI is InChI=1S/C16H28N2O6Si/c1-14(2,3)23-11-8-16(25(4)5,24-15(11,9-19)10-20)18-7-6-12(21)17-13(18)22/h6-7,11,19-20,25H,8-10H2,1-5H3,(H,17,21,22)/t11-,16-/m0/s1. The van der Waals surface area contributed by atoms with Crippen LogP contribution in [0.15, 0.2) is 21.9 Å². The summed E-state index contributed by atoms with van der Waals surface area (Å²) in [5.41, 5.74) is -2.90. The van der Waals surface area contributed by atoms with Gasteiger partial charge in [-0.1, -0.05) is 13.1 Å². The van der Waals surface area contributed by atoms with Crippen molar-refractivity contribution in [2.24, 2.45) is 0 Å². The van der Waals surface area contributed by atoms with Gasteiger partial charge in [-0.25, -0.2) is 4.79 Å². The molecular formula is C16H28N2O6Si. The molecule has 25 heavy (non-hydrogen) atoms. The number of H-pyrrole nitrogens is 1. The van der Waals surface area contributed by atoms with Gasteiger partial charge in [0.2, 0.25) is 0 Å². The van der Waals surface area contributed by atoms with E-state index < -0.39 is 55.9 Å². The van der Waals surface area contributed by atoms with Crippen LogP contribution in [-0.4, -0.2) is 59.1 Å². The zero-order valence-corrected chi connectivity index (χ0v) is 16.6. The fourth-order valence-electron chi connectivity index (χ4n) is 3.30. The quantitative estimate of drug-likeness (QED) is 0.603. The summed E-state index contributed by atoms with van der Waals surface area (Å²) >= 11 is 0. The molecule has 2 rings (SSSR count). The smallest absolute Gasteiger partial charge is 0.330 e. The number of nitrogens with one attached hydrogen (secondary N) is 1. The van der Waals surface area contributed by atoms with E-state index in [2.05, 4.69) is 4.98 Å². The second kappa shape index (κ2) is 6.80. The number of hydrogen-bond donors (Lipinski definition) is 3. The van der Waals surface area contributed by atoms with E-state index in [1.165, 1.54) is 16.8 Å². The number of rotatable bonds is 5. The fraction of sp³-hybridized carbons (Fsp3) is 0.750. The zero-order valence-electron chi connectivity index (χ0n) is 15.4. The summed E-state index contributed by atoms with van der Waals surface area (Å²) in [5.74, 6) is 0. The highest BCUT2D eigenvalue weighted by Crippen LogP contribution is 2.45. The van der Waals surface area contributed by atoms with Crippen LogP contribution in [0.1, 0.15) is 27.2 Å². The van der Waals surface area contributed by atoms with Crippen molar-refractivity contribution in [3.8, 4) is 0 Å². The van der Waals surface area contributed by atoms with Gasteiger partial charge in [0, 0.05) is 18.7 Å². The molecule has 0 radical (unpaired) electrons. The van der Waals surface area contributed by atoms with Crippen molar-refractivity contribution in [3.63, 3.8) is 0 Å². The van der Waals surface area contributed by atoms with Crippen molar-refractivity contribution in [1.29, 1.82) is 0 Å². The van der Waals surface area contributed by atoms with Crippen molar-refractivity contribution >= 4 is 8.80 Å². The van der Waals surface area contributed by atoms with Crippen molar-refractivity contribution in [2.75, 3.05) is 13.2 Å². The van der Waals surface area contributed by atoms with Gasteiger partial charge in [-0.2, -0.15) is 0 Å². The number of ether oxygens (including phenoxy) is 2. The average molecular weight is 372 g/mol. The maximum Gasteiger partial charge on any atom is 0.330 e. The van der Waals surface area contributed by atoms with Crippen LogP contribution in [0.2, 0.25) is 13.1 Å². The minimum absolute atomic E-state index is 0.307. The lowest BCUT2D eigenvalue weighted by atomic mass is 9.97. The Morgan fingerprint density at radius 2 is 1.96 bits per heavy atom. The SMILES string of the molecule is C[SiH](C)[C@]1(n2ccc(=O)[nH]c2=O)C[C@H](OC(C)(C)C)C(CO)(CO)O1. The lowest BCUT2D eigenvalue weighted by molar-refractivity contribution is -0.192. The van der Waals surface area contributed by atoms with E-state index in [0.29, 0.717) is 6.42 Å². The van der Waals surface area contributed by atoms with Crippen LogP contribution in [0, 0.1) is 0 Å². The van der Waals surface area contributed by atoms with Crippen LogP contribution < -0.4 is 11.2 Å². The molecule has 1 fully saturated rings. The van der Waals surface area contributed by atoms with Crippen LogP contribution in [-0.2, 0) is 14.8 Å². The first-order chi connectivity index (χ1) is 11.5. The van der Waals surface area contributed by atoms with Crippen molar-refractivity contribution in [3.05, 3.63) is 33.1 Å². The summed E-state index contributed by atoms with van der Waals surface area (Å²) in [5, 5.41) is 18.9. The molecule has 1 aliphatic heterocycles. The number of aliphatic hydroxyl groups excluding tert-OH is 2. The van der Waals surface area contributed by atoms with Crippen molar-refractivity contribution < 1.29 is 19.7 Å². The van der Waals surface area contributed by atoms with Crippen LogP contribution in [0.4, 0.5) is 0 Å². The van der Waals surface area contributed by atoms with Crippen molar-refractivity contribution in [1.82, 2.24) is 9.55 Å². The molecule has 1 aromatic heterocycles. The molecule has 0 amide bonds. The Kier molecular flexibility index (Phi) is 5.46. The van der Waals surface area contributed by atoms with Crippen LogP contribution in [0.3, 0.4) is 0 Å². The minimum atomic E-state index is -1.73. The summed E-state index contributed by atoms with van der Waals surface area (Å²) in [7, 11) is -1.73. The zero-order chi connectivity index (χ0) is 19.0. The first-order valence-corrected chi connectivity index (χ1v) is 11.3. The first kappa shape index (κ1) is 20.1. The molecular weight excluding hydrogens is 344 g/mol. The Morgan fingerprint density at radius 1 is 1.36 bits per heavy atom. The molecule has 9 heteroatoms. The van der Waals surface area contributed by atoms with E-state index in [9.17, 15) is 19.8 Å². The van der Waals surface area contributed by atoms with Crippen LogP contribution in [0.5, 0.6) is 0 Å². The summed E-state index contributed by atoms with van der Waals surface area (Å²) in [4.78, 5) is 26.1. The molecule has 2 heterocycles. The van der Waals surface area contributed by atoms with Gasteiger partial charge in [0.15, 0.2) is 0 Å². The van der Waals surface area contributed by atoms with E-state index in [1.54, 1.807) is 0 Å². The van der Waals surface area contributed by atoms with Gasteiger partial charge in [-0.3, -0.25) is 14.3 Å². The second-order valence-electron chi connectivity index (χ2n) is 7.89. The lowest BCUT2D eigenvalue weighted by Crippen LogP contribution is -2.54. The minimum Gasteiger partial charge on any atom is -0.393 e.